The van der Waals surface area contributed by atoms with Crippen molar-refractivity contribution in [2.24, 2.45) is 0 Å². The largest absolute Gasteiger partial charge is 0.397 e. The van der Waals surface area contributed by atoms with Crippen molar-refractivity contribution in [3.8, 4) is 0 Å². The summed E-state index contributed by atoms with van der Waals surface area (Å²) in [6.45, 7) is 2.28. The third-order valence-electron chi connectivity index (χ3n) is 3.13. The zero-order valence-electron chi connectivity index (χ0n) is 11.6. The molecule has 0 unspecified atom stereocenters. The maximum Gasteiger partial charge on any atom is 0.240 e. The molecule has 6 nitrogen and oxygen atoms in total. The number of hydrogen-bond donors (Lipinski definition) is 3. The van der Waals surface area contributed by atoms with Gasteiger partial charge in [0.25, 0.3) is 0 Å². The van der Waals surface area contributed by atoms with Crippen LogP contribution in [0.5, 0.6) is 0 Å². The highest BCUT2D eigenvalue weighted by Gasteiger charge is 2.14. The minimum absolute atomic E-state index is 0.115. The first-order chi connectivity index (χ1) is 9.90. The van der Waals surface area contributed by atoms with E-state index in [4.69, 9.17) is 17.3 Å². The Hall–Kier alpha value is -1.57. The molecule has 0 fully saturated rings. The lowest BCUT2D eigenvalue weighted by molar-refractivity contribution is 0.579. The summed E-state index contributed by atoms with van der Waals surface area (Å²) in [7, 11) is -3.56. The average Bonchev–Trinajstić information content (AvgIpc) is 2.83. The van der Waals surface area contributed by atoms with Gasteiger partial charge in [-0.15, -0.1) is 0 Å². The number of aromatic nitrogens is 2. The van der Waals surface area contributed by atoms with Gasteiger partial charge in [-0.05, 0) is 43.5 Å². The number of nitrogen functional groups attached to an aromatic ring is 1. The molecule has 2 rings (SSSR count). The standard InChI is InChI=1S/C13H17ClN4O2S/c1-9-10(8-16-18-9)3-2-6-17-21(19,20)11-4-5-12(14)13(15)7-11/h4-5,7-8,17H,2-3,6,15H2,1H3,(H,16,18). The SMILES string of the molecule is Cc1[nH]ncc1CCCNS(=O)(=O)c1ccc(Cl)c(N)c1. The van der Waals surface area contributed by atoms with Crippen molar-refractivity contribution in [1.29, 1.82) is 0 Å². The molecular formula is C13H17ClN4O2S. The van der Waals surface area contributed by atoms with Crippen molar-refractivity contribution in [3.05, 3.63) is 40.7 Å². The molecule has 0 aliphatic heterocycles. The fourth-order valence-corrected chi connectivity index (χ4v) is 3.11. The molecule has 2 aromatic rings. The topological polar surface area (TPSA) is 101 Å². The summed E-state index contributed by atoms with van der Waals surface area (Å²) in [6, 6.07) is 4.26. The Kier molecular flexibility index (Phi) is 4.87. The first-order valence-electron chi connectivity index (χ1n) is 6.43. The van der Waals surface area contributed by atoms with E-state index >= 15 is 0 Å². The Labute approximate surface area is 128 Å². The van der Waals surface area contributed by atoms with Gasteiger partial charge in [-0.1, -0.05) is 11.6 Å². The fourth-order valence-electron chi connectivity index (χ4n) is 1.89. The molecule has 21 heavy (non-hydrogen) atoms. The summed E-state index contributed by atoms with van der Waals surface area (Å²) in [5.74, 6) is 0. The highest BCUT2D eigenvalue weighted by atomic mass is 35.5. The van der Waals surface area contributed by atoms with Gasteiger partial charge < -0.3 is 5.73 Å². The molecule has 0 aliphatic rings. The number of sulfonamides is 1. The van der Waals surface area contributed by atoms with E-state index in [0.717, 1.165) is 17.7 Å². The Bertz CT molecular complexity index is 728. The predicted molar refractivity (Wildman–Crippen MR) is 82.7 cm³/mol. The van der Waals surface area contributed by atoms with Crippen molar-refractivity contribution >= 4 is 27.3 Å². The van der Waals surface area contributed by atoms with Crippen LogP contribution in [0.1, 0.15) is 17.7 Å². The third kappa shape index (κ3) is 3.96. The van der Waals surface area contributed by atoms with Crippen LogP contribution in [0, 0.1) is 6.92 Å². The van der Waals surface area contributed by atoms with Crippen LogP contribution in [-0.2, 0) is 16.4 Å². The van der Waals surface area contributed by atoms with Gasteiger partial charge in [-0.25, -0.2) is 13.1 Å². The quantitative estimate of drug-likeness (QED) is 0.556. The van der Waals surface area contributed by atoms with E-state index in [1.807, 2.05) is 6.92 Å². The molecule has 0 amide bonds. The van der Waals surface area contributed by atoms with Gasteiger partial charge in [0.2, 0.25) is 10.0 Å². The van der Waals surface area contributed by atoms with Gasteiger partial charge in [0, 0.05) is 12.2 Å². The van der Waals surface area contributed by atoms with Gasteiger partial charge in [-0.2, -0.15) is 5.10 Å². The number of nitrogens with two attached hydrogens (primary N) is 1. The monoisotopic (exact) mass is 328 g/mol. The lowest BCUT2D eigenvalue weighted by Gasteiger charge is -2.08. The number of nitrogens with one attached hydrogen (secondary N) is 2. The summed E-state index contributed by atoms with van der Waals surface area (Å²) in [5.41, 5.74) is 7.95. The summed E-state index contributed by atoms with van der Waals surface area (Å²) in [4.78, 5) is 0.115. The van der Waals surface area contributed by atoms with Gasteiger partial charge in [-0.3, -0.25) is 5.10 Å². The molecular weight excluding hydrogens is 312 g/mol. The van der Waals surface area contributed by atoms with Crippen LogP contribution in [0.3, 0.4) is 0 Å². The summed E-state index contributed by atoms with van der Waals surface area (Å²) >= 11 is 5.78. The molecule has 0 atom stereocenters. The molecule has 0 spiro atoms. The van der Waals surface area contributed by atoms with Crippen molar-refractivity contribution in [1.82, 2.24) is 14.9 Å². The van der Waals surface area contributed by atoms with Crippen molar-refractivity contribution in [2.45, 2.75) is 24.7 Å². The molecule has 1 heterocycles. The first-order valence-corrected chi connectivity index (χ1v) is 8.30. The second kappa shape index (κ2) is 6.46. The Morgan fingerprint density at radius 2 is 2.19 bits per heavy atom. The second-order valence-corrected chi connectivity index (χ2v) is 6.88. The zero-order valence-corrected chi connectivity index (χ0v) is 13.1. The molecule has 0 aliphatic carbocycles. The Balaban J connectivity index is 1.92. The highest BCUT2D eigenvalue weighted by Crippen LogP contribution is 2.22. The van der Waals surface area contributed by atoms with E-state index in [1.54, 1.807) is 6.20 Å². The third-order valence-corrected chi connectivity index (χ3v) is 4.93. The fraction of sp³-hybridized carbons (Fsp3) is 0.308. The van der Waals surface area contributed by atoms with Crippen molar-refractivity contribution in [3.63, 3.8) is 0 Å². The van der Waals surface area contributed by atoms with Crippen LogP contribution in [0.2, 0.25) is 5.02 Å². The van der Waals surface area contributed by atoms with Crippen LogP contribution in [0.25, 0.3) is 0 Å². The molecule has 0 radical (unpaired) electrons. The summed E-state index contributed by atoms with van der Waals surface area (Å²) in [5, 5.41) is 7.11. The van der Waals surface area contributed by atoms with E-state index in [2.05, 4.69) is 14.9 Å². The summed E-state index contributed by atoms with van der Waals surface area (Å²) < 4.78 is 26.7. The number of anilines is 1. The molecule has 0 saturated heterocycles. The van der Waals surface area contributed by atoms with E-state index in [9.17, 15) is 8.42 Å². The molecule has 0 saturated carbocycles. The van der Waals surface area contributed by atoms with E-state index in [-0.39, 0.29) is 10.6 Å². The smallest absolute Gasteiger partial charge is 0.240 e. The number of aromatic amines is 1. The molecule has 1 aromatic carbocycles. The number of aryl methyl sites for hydroxylation is 2. The van der Waals surface area contributed by atoms with Gasteiger partial charge >= 0.3 is 0 Å². The molecule has 114 valence electrons. The Morgan fingerprint density at radius 1 is 1.43 bits per heavy atom. The van der Waals surface area contributed by atoms with Crippen molar-refractivity contribution < 1.29 is 8.42 Å². The second-order valence-electron chi connectivity index (χ2n) is 4.70. The Morgan fingerprint density at radius 3 is 2.81 bits per heavy atom. The maximum absolute atomic E-state index is 12.1. The van der Waals surface area contributed by atoms with Crippen LogP contribution < -0.4 is 10.5 Å². The van der Waals surface area contributed by atoms with E-state index in [0.29, 0.717) is 18.0 Å². The van der Waals surface area contributed by atoms with Crippen molar-refractivity contribution in [2.75, 3.05) is 12.3 Å². The lowest BCUT2D eigenvalue weighted by atomic mass is 10.1. The number of benzene rings is 1. The molecule has 4 N–H and O–H groups in total. The van der Waals surface area contributed by atoms with Crippen LogP contribution in [0.15, 0.2) is 29.3 Å². The van der Waals surface area contributed by atoms with E-state index in [1.165, 1.54) is 18.2 Å². The van der Waals surface area contributed by atoms with Gasteiger partial charge in [0.1, 0.15) is 0 Å². The highest BCUT2D eigenvalue weighted by molar-refractivity contribution is 7.89. The molecule has 8 heteroatoms. The van der Waals surface area contributed by atoms with E-state index < -0.39 is 10.0 Å². The van der Waals surface area contributed by atoms with Gasteiger partial charge in [0.05, 0.1) is 21.8 Å². The zero-order chi connectivity index (χ0) is 15.5. The minimum atomic E-state index is -3.56. The molecule has 1 aromatic heterocycles. The maximum atomic E-state index is 12.1. The average molecular weight is 329 g/mol. The van der Waals surface area contributed by atoms with Crippen LogP contribution in [-0.4, -0.2) is 25.2 Å². The number of H-pyrrole nitrogens is 1. The predicted octanol–water partition coefficient (Wildman–Crippen LogP) is 1.86. The number of halogens is 1. The van der Waals surface area contributed by atoms with Crippen LogP contribution >= 0.6 is 11.6 Å². The van der Waals surface area contributed by atoms with Crippen LogP contribution in [0.4, 0.5) is 5.69 Å². The number of nitrogens with zero attached hydrogens (tertiary/aromatic N) is 1. The minimum Gasteiger partial charge on any atom is -0.397 e. The van der Waals surface area contributed by atoms with Gasteiger partial charge in [0.15, 0.2) is 0 Å². The number of hydrogen-bond acceptors (Lipinski definition) is 4. The first kappa shape index (κ1) is 15.8. The molecule has 0 bridgehead atoms. The normalized spacial score (nSPS) is 11.7. The number of rotatable bonds is 6. The summed E-state index contributed by atoms with van der Waals surface area (Å²) in [6.07, 6.45) is 3.19. The lowest BCUT2D eigenvalue weighted by Crippen LogP contribution is -2.25.